The summed E-state index contributed by atoms with van der Waals surface area (Å²) in [6.45, 7) is 10.8. The van der Waals surface area contributed by atoms with Crippen LogP contribution in [0, 0.1) is 12.8 Å². The Morgan fingerprint density at radius 3 is 2.48 bits per heavy atom. The van der Waals surface area contributed by atoms with Crippen LogP contribution in [0.15, 0.2) is 30.6 Å². The van der Waals surface area contributed by atoms with Crippen LogP contribution in [-0.2, 0) is 13.6 Å². The van der Waals surface area contributed by atoms with E-state index in [-0.39, 0.29) is 0 Å². The Labute approximate surface area is 127 Å². The summed E-state index contributed by atoms with van der Waals surface area (Å²) in [4.78, 5) is 2.48. The Bertz CT molecular complexity index is 574. The Balaban J connectivity index is 2.23. The third kappa shape index (κ3) is 3.91. The Morgan fingerprint density at radius 2 is 1.90 bits per heavy atom. The molecule has 0 saturated heterocycles. The van der Waals surface area contributed by atoms with Gasteiger partial charge in [0.25, 0.3) is 0 Å². The number of benzene rings is 1. The zero-order chi connectivity index (χ0) is 15.4. The number of nitrogens with zero attached hydrogens (tertiary/aromatic N) is 4. The van der Waals surface area contributed by atoms with Gasteiger partial charge in [0.15, 0.2) is 0 Å². The molecule has 2 rings (SSSR count). The van der Waals surface area contributed by atoms with Crippen molar-refractivity contribution >= 4 is 0 Å². The van der Waals surface area contributed by atoms with Crippen LogP contribution in [0.5, 0.6) is 0 Å². The van der Waals surface area contributed by atoms with Gasteiger partial charge in [-0.25, -0.2) is 0 Å². The molecule has 0 aliphatic heterocycles. The molecule has 1 aromatic carbocycles. The molecule has 2 aromatic rings. The molecule has 1 unspecified atom stereocenters. The summed E-state index contributed by atoms with van der Waals surface area (Å²) in [5.41, 5.74) is 2.73. The third-order valence-electron chi connectivity index (χ3n) is 3.94. The second-order valence-electron chi connectivity index (χ2n) is 6.21. The van der Waals surface area contributed by atoms with Gasteiger partial charge in [0, 0.05) is 19.6 Å². The van der Waals surface area contributed by atoms with Crippen LogP contribution in [0.25, 0.3) is 0 Å². The van der Waals surface area contributed by atoms with E-state index >= 15 is 0 Å². The zero-order valence-corrected chi connectivity index (χ0v) is 13.7. The van der Waals surface area contributed by atoms with Gasteiger partial charge < -0.3 is 4.57 Å². The monoisotopic (exact) mass is 286 g/mol. The van der Waals surface area contributed by atoms with Crippen molar-refractivity contribution in [1.82, 2.24) is 19.7 Å². The molecule has 21 heavy (non-hydrogen) atoms. The fourth-order valence-electron chi connectivity index (χ4n) is 2.71. The Kier molecular flexibility index (Phi) is 5.12. The van der Waals surface area contributed by atoms with Gasteiger partial charge in [-0.05, 0) is 30.9 Å². The van der Waals surface area contributed by atoms with E-state index in [1.165, 1.54) is 11.1 Å². The van der Waals surface area contributed by atoms with Gasteiger partial charge in [-0.15, -0.1) is 10.2 Å². The highest BCUT2D eigenvalue weighted by Crippen LogP contribution is 2.25. The van der Waals surface area contributed by atoms with E-state index in [1.807, 2.05) is 11.6 Å². The molecule has 0 spiro atoms. The molecule has 0 N–H and O–H groups in total. The molecular weight excluding hydrogens is 260 g/mol. The molecule has 4 nitrogen and oxygen atoms in total. The molecule has 114 valence electrons. The van der Waals surface area contributed by atoms with Crippen molar-refractivity contribution in [1.29, 1.82) is 0 Å². The predicted octanol–water partition coefficient (Wildman–Crippen LogP) is 3.34. The van der Waals surface area contributed by atoms with Crippen LogP contribution in [-0.4, -0.2) is 26.2 Å². The van der Waals surface area contributed by atoms with Crippen LogP contribution >= 0.6 is 0 Å². The lowest BCUT2D eigenvalue weighted by Crippen LogP contribution is -2.31. The normalized spacial score (nSPS) is 13.1. The quantitative estimate of drug-likeness (QED) is 0.816. The molecule has 1 atom stereocenters. The second-order valence-corrected chi connectivity index (χ2v) is 6.21. The molecule has 0 saturated carbocycles. The van der Waals surface area contributed by atoms with Gasteiger partial charge in [0.1, 0.15) is 12.2 Å². The number of hydrogen-bond donors (Lipinski definition) is 0. The Hall–Kier alpha value is -1.68. The highest BCUT2D eigenvalue weighted by Gasteiger charge is 2.20. The number of aryl methyl sites for hydroxylation is 2. The van der Waals surface area contributed by atoms with Crippen molar-refractivity contribution in [3.05, 3.63) is 47.5 Å². The first kappa shape index (κ1) is 15.7. The summed E-state index contributed by atoms with van der Waals surface area (Å²) >= 11 is 0. The van der Waals surface area contributed by atoms with Crippen molar-refractivity contribution in [2.75, 3.05) is 6.54 Å². The fourth-order valence-corrected chi connectivity index (χ4v) is 2.71. The van der Waals surface area contributed by atoms with Crippen LogP contribution < -0.4 is 0 Å². The lowest BCUT2D eigenvalue weighted by molar-refractivity contribution is 0.172. The topological polar surface area (TPSA) is 34.0 Å². The maximum absolute atomic E-state index is 4.23. The summed E-state index contributed by atoms with van der Waals surface area (Å²) in [6.07, 6.45) is 1.77. The molecule has 1 heterocycles. The summed E-state index contributed by atoms with van der Waals surface area (Å²) in [5, 5.41) is 8.22. The van der Waals surface area contributed by atoms with Crippen molar-refractivity contribution in [2.24, 2.45) is 13.0 Å². The Morgan fingerprint density at radius 1 is 1.19 bits per heavy atom. The first-order chi connectivity index (χ1) is 9.99. The van der Waals surface area contributed by atoms with Gasteiger partial charge in [-0.1, -0.05) is 38.1 Å². The summed E-state index contributed by atoms with van der Waals surface area (Å²) < 4.78 is 2.00. The standard InChI is InChI=1S/C17H26N4/c1-13(2)10-21(11-17-19-18-12-20(17)5)15(4)16-9-7-6-8-14(16)3/h6-9,12-13,15H,10-11H2,1-5H3. The van der Waals surface area contributed by atoms with E-state index < -0.39 is 0 Å². The van der Waals surface area contributed by atoms with Crippen LogP contribution in [0.1, 0.15) is 43.8 Å². The number of hydrogen-bond acceptors (Lipinski definition) is 3. The van der Waals surface area contributed by atoms with Crippen molar-refractivity contribution in [3.63, 3.8) is 0 Å². The summed E-state index contributed by atoms with van der Waals surface area (Å²) in [5.74, 6) is 1.63. The van der Waals surface area contributed by atoms with E-state index in [0.29, 0.717) is 12.0 Å². The lowest BCUT2D eigenvalue weighted by atomic mass is 10.0. The highest BCUT2D eigenvalue weighted by molar-refractivity contribution is 5.28. The van der Waals surface area contributed by atoms with E-state index in [4.69, 9.17) is 0 Å². The largest absolute Gasteiger partial charge is 0.320 e. The molecule has 0 aliphatic carbocycles. The minimum atomic E-state index is 0.366. The molecule has 0 aliphatic rings. The second kappa shape index (κ2) is 6.85. The van der Waals surface area contributed by atoms with Crippen molar-refractivity contribution in [3.8, 4) is 0 Å². The predicted molar refractivity (Wildman–Crippen MR) is 85.8 cm³/mol. The first-order valence-electron chi connectivity index (χ1n) is 7.61. The lowest BCUT2D eigenvalue weighted by Gasteiger charge is -2.31. The maximum atomic E-state index is 4.23. The third-order valence-corrected chi connectivity index (χ3v) is 3.94. The van der Waals surface area contributed by atoms with E-state index in [2.05, 4.69) is 67.1 Å². The minimum Gasteiger partial charge on any atom is -0.320 e. The van der Waals surface area contributed by atoms with Gasteiger partial charge in [-0.2, -0.15) is 0 Å². The van der Waals surface area contributed by atoms with Gasteiger partial charge in [0.05, 0.1) is 6.54 Å². The smallest absolute Gasteiger partial charge is 0.146 e. The molecule has 0 amide bonds. The molecule has 0 bridgehead atoms. The van der Waals surface area contributed by atoms with Crippen LogP contribution in [0.3, 0.4) is 0 Å². The van der Waals surface area contributed by atoms with Gasteiger partial charge in [-0.3, -0.25) is 4.90 Å². The minimum absolute atomic E-state index is 0.366. The maximum Gasteiger partial charge on any atom is 0.146 e. The van der Waals surface area contributed by atoms with Gasteiger partial charge >= 0.3 is 0 Å². The SMILES string of the molecule is Cc1ccccc1C(C)N(Cc1nncn1C)CC(C)C. The zero-order valence-electron chi connectivity index (χ0n) is 13.7. The van der Waals surface area contributed by atoms with E-state index in [1.54, 1.807) is 6.33 Å². The molecule has 0 radical (unpaired) electrons. The van der Waals surface area contributed by atoms with Crippen molar-refractivity contribution < 1.29 is 0 Å². The van der Waals surface area contributed by atoms with Gasteiger partial charge in [0.2, 0.25) is 0 Å². The molecule has 1 aromatic heterocycles. The highest BCUT2D eigenvalue weighted by atomic mass is 15.3. The van der Waals surface area contributed by atoms with Crippen LogP contribution in [0.4, 0.5) is 0 Å². The first-order valence-corrected chi connectivity index (χ1v) is 7.61. The van der Waals surface area contributed by atoms with Crippen molar-refractivity contribution in [2.45, 2.75) is 40.3 Å². The average molecular weight is 286 g/mol. The molecular formula is C17H26N4. The van der Waals surface area contributed by atoms with E-state index in [9.17, 15) is 0 Å². The van der Waals surface area contributed by atoms with E-state index in [0.717, 1.165) is 18.9 Å². The number of aromatic nitrogens is 3. The summed E-state index contributed by atoms with van der Waals surface area (Å²) in [6, 6.07) is 8.99. The molecule has 0 fully saturated rings. The number of rotatable bonds is 6. The average Bonchev–Trinajstić information content (AvgIpc) is 2.83. The summed E-state index contributed by atoms with van der Waals surface area (Å²) in [7, 11) is 2.00. The molecule has 4 heteroatoms. The van der Waals surface area contributed by atoms with Crippen LogP contribution in [0.2, 0.25) is 0 Å². The fraction of sp³-hybridized carbons (Fsp3) is 0.529.